The maximum atomic E-state index is 9.13. The van der Waals surface area contributed by atoms with E-state index in [9.17, 15) is 0 Å². The van der Waals surface area contributed by atoms with Crippen molar-refractivity contribution in [2.75, 3.05) is 0 Å². The van der Waals surface area contributed by atoms with Gasteiger partial charge in [0.15, 0.2) is 0 Å². The molecular weight excluding hydrogens is 351 g/mol. The molecule has 0 unspecified atom stereocenters. The lowest BCUT2D eigenvalue weighted by Gasteiger charge is -1.98. The van der Waals surface area contributed by atoms with Gasteiger partial charge in [0.25, 0.3) is 0 Å². The molecule has 0 aliphatic heterocycles. The number of hydrogen-bond acceptors (Lipinski definition) is 2. The maximum Gasteiger partial charge on any atom is 0.128 e. The lowest BCUT2D eigenvalue weighted by atomic mass is 10.2. The third-order valence-corrected chi connectivity index (χ3v) is 3.63. The van der Waals surface area contributed by atoms with Crippen molar-refractivity contribution < 1.29 is 10.2 Å². The quantitative estimate of drug-likeness (QED) is 0.764. The van der Waals surface area contributed by atoms with Crippen LogP contribution in [-0.4, -0.2) is 10.2 Å². The Balaban J connectivity index is 0.000000191. The molecule has 19 heavy (non-hydrogen) atoms. The first kappa shape index (κ1) is 15.8. The Morgan fingerprint density at radius 2 is 1.37 bits per heavy atom. The first-order valence-corrected chi connectivity index (χ1v) is 7.40. The number of aryl methyl sites for hydroxylation is 2. The minimum Gasteiger partial charge on any atom is -0.508 e. The minimum absolute atomic E-state index is 0.340. The fraction of sp³-hybridized carbons (Fsp3) is 0.250. The van der Waals surface area contributed by atoms with E-state index >= 15 is 0 Å². The van der Waals surface area contributed by atoms with E-state index in [4.69, 9.17) is 10.2 Å². The molecule has 0 atom stereocenters. The summed E-state index contributed by atoms with van der Waals surface area (Å²) in [5.74, 6) is 0.713. The van der Waals surface area contributed by atoms with Crippen LogP contribution in [0.4, 0.5) is 0 Å². The lowest BCUT2D eigenvalue weighted by molar-refractivity contribution is 0.471. The van der Waals surface area contributed by atoms with Gasteiger partial charge in [-0.1, -0.05) is 32.0 Å². The van der Waals surface area contributed by atoms with E-state index in [1.54, 1.807) is 18.2 Å². The van der Waals surface area contributed by atoms with E-state index in [0.29, 0.717) is 11.5 Å². The Morgan fingerprint density at radius 1 is 0.842 bits per heavy atom. The van der Waals surface area contributed by atoms with Gasteiger partial charge in [-0.05, 0) is 70.8 Å². The van der Waals surface area contributed by atoms with Crippen molar-refractivity contribution in [2.24, 2.45) is 0 Å². The molecule has 0 saturated carbocycles. The minimum atomic E-state index is 0.340. The topological polar surface area (TPSA) is 40.5 Å². The Bertz CT molecular complexity index is 507. The van der Waals surface area contributed by atoms with Crippen molar-refractivity contribution in [2.45, 2.75) is 26.7 Å². The highest BCUT2D eigenvalue weighted by Gasteiger charge is 1.96. The molecule has 2 rings (SSSR count). The van der Waals surface area contributed by atoms with Gasteiger partial charge in [0.1, 0.15) is 11.5 Å². The van der Waals surface area contributed by atoms with Crippen LogP contribution in [-0.2, 0) is 12.8 Å². The first-order chi connectivity index (χ1) is 9.06. The smallest absolute Gasteiger partial charge is 0.128 e. The normalized spacial score (nSPS) is 9.63. The molecule has 0 spiro atoms. The van der Waals surface area contributed by atoms with Gasteiger partial charge in [0.05, 0.1) is 3.57 Å². The van der Waals surface area contributed by atoms with Gasteiger partial charge in [-0.3, -0.25) is 0 Å². The van der Waals surface area contributed by atoms with Crippen molar-refractivity contribution in [3.8, 4) is 11.5 Å². The fourth-order valence-electron chi connectivity index (χ4n) is 1.50. The zero-order chi connectivity index (χ0) is 14.3. The summed E-state index contributed by atoms with van der Waals surface area (Å²) in [6.45, 7) is 4.19. The van der Waals surface area contributed by atoms with Gasteiger partial charge < -0.3 is 10.2 Å². The third kappa shape index (κ3) is 5.51. The largest absolute Gasteiger partial charge is 0.508 e. The molecule has 0 radical (unpaired) electrons. The van der Waals surface area contributed by atoms with Gasteiger partial charge in [-0.2, -0.15) is 0 Å². The highest BCUT2D eigenvalue weighted by Crippen LogP contribution is 2.20. The van der Waals surface area contributed by atoms with E-state index in [1.807, 2.05) is 24.3 Å². The standard InChI is InChI=1S/C8H9IO.C8H10O/c1-2-6-3-4-8(10)7(9)5-6;1-2-7-3-5-8(9)6-4-7/h3-5,10H,2H2,1H3;3-6,9H,2H2,1H3. The van der Waals surface area contributed by atoms with Crippen LogP contribution < -0.4 is 0 Å². The summed E-state index contributed by atoms with van der Waals surface area (Å²) in [7, 11) is 0. The molecular formula is C16H19IO2. The van der Waals surface area contributed by atoms with E-state index in [2.05, 4.69) is 36.4 Å². The Hall–Kier alpha value is -1.23. The number of halogens is 1. The van der Waals surface area contributed by atoms with Crippen molar-refractivity contribution in [3.63, 3.8) is 0 Å². The third-order valence-electron chi connectivity index (χ3n) is 2.76. The SMILES string of the molecule is CCc1ccc(O)c(I)c1.CCc1ccc(O)cc1. The summed E-state index contributed by atoms with van der Waals surface area (Å²) >= 11 is 2.12. The monoisotopic (exact) mass is 370 g/mol. The van der Waals surface area contributed by atoms with Crippen LogP contribution in [0.2, 0.25) is 0 Å². The van der Waals surface area contributed by atoms with Gasteiger partial charge in [0.2, 0.25) is 0 Å². The molecule has 0 saturated heterocycles. The number of benzene rings is 2. The summed E-state index contributed by atoms with van der Waals surface area (Å²) in [6.07, 6.45) is 2.05. The molecule has 2 aromatic carbocycles. The van der Waals surface area contributed by atoms with Crippen LogP contribution in [0.3, 0.4) is 0 Å². The van der Waals surface area contributed by atoms with Crippen molar-refractivity contribution >= 4 is 22.6 Å². The fourth-order valence-corrected chi connectivity index (χ4v) is 2.08. The predicted molar refractivity (Wildman–Crippen MR) is 87.7 cm³/mol. The molecule has 3 heteroatoms. The maximum absolute atomic E-state index is 9.13. The molecule has 2 aromatic rings. The van der Waals surface area contributed by atoms with Crippen molar-refractivity contribution in [1.29, 1.82) is 0 Å². The second-order valence-electron chi connectivity index (χ2n) is 4.16. The molecule has 0 aromatic heterocycles. The van der Waals surface area contributed by atoms with Gasteiger partial charge in [-0.25, -0.2) is 0 Å². The highest BCUT2D eigenvalue weighted by atomic mass is 127. The number of phenols is 2. The summed E-state index contributed by atoms with van der Waals surface area (Å²) in [6, 6.07) is 12.9. The lowest BCUT2D eigenvalue weighted by Crippen LogP contribution is -1.80. The summed E-state index contributed by atoms with van der Waals surface area (Å²) in [5.41, 5.74) is 2.52. The molecule has 0 aliphatic rings. The predicted octanol–water partition coefficient (Wildman–Crippen LogP) is 4.51. The molecule has 0 aliphatic carbocycles. The van der Waals surface area contributed by atoms with Crippen LogP contribution in [0.5, 0.6) is 11.5 Å². The molecule has 0 heterocycles. The van der Waals surface area contributed by atoms with Crippen LogP contribution in [0.25, 0.3) is 0 Å². The number of hydrogen-bond donors (Lipinski definition) is 2. The van der Waals surface area contributed by atoms with Crippen LogP contribution in [0.15, 0.2) is 42.5 Å². The van der Waals surface area contributed by atoms with Gasteiger partial charge in [0, 0.05) is 0 Å². The summed E-state index contributed by atoms with van der Waals surface area (Å²) in [5, 5.41) is 18.0. The molecule has 0 amide bonds. The van der Waals surface area contributed by atoms with Crippen LogP contribution in [0, 0.1) is 3.57 Å². The number of aromatic hydroxyl groups is 2. The average molecular weight is 370 g/mol. The van der Waals surface area contributed by atoms with E-state index in [0.717, 1.165) is 16.4 Å². The summed E-state index contributed by atoms with van der Waals surface area (Å²) < 4.78 is 0.928. The molecule has 2 nitrogen and oxygen atoms in total. The van der Waals surface area contributed by atoms with E-state index < -0.39 is 0 Å². The molecule has 0 bridgehead atoms. The second-order valence-corrected chi connectivity index (χ2v) is 5.32. The van der Waals surface area contributed by atoms with Crippen LogP contribution in [0.1, 0.15) is 25.0 Å². The second kappa shape index (κ2) is 8.04. The zero-order valence-corrected chi connectivity index (χ0v) is 13.4. The Kier molecular flexibility index (Phi) is 6.70. The van der Waals surface area contributed by atoms with Gasteiger partial charge >= 0.3 is 0 Å². The molecule has 0 fully saturated rings. The molecule has 2 N–H and O–H groups in total. The van der Waals surface area contributed by atoms with Crippen molar-refractivity contribution in [3.05, 3.63) is 57.2 Å². The first-order valence-electron chi connectivity index (χ1n) is 6.32. The zero-order valence-electron chi connectivity index (χ0n) is 11.2. The van der Waals surface area contributed by atoms with E-state index in [-0.39, 0.29) is 0 Å². The van der Waals surface area contributed by atoms with Crippen molar-refractivity contribution in [1.82, 2.24) is 0 Å². The Morgan fingerprint density at radius 3 is 1.84 bits per heavy atom. The Labute approximate surface area is 128 Å². The average Bonchev–Trinajstić information content (AvgIpc) is 2.43. The van der Waals surface area contributed by atoms with Gasteiger partial charge in [-0.15, -0.1) is 0 Å². The highest BCUT2D eigenvalue weighted by molar-refractivity contribution is 14.1. The van der Waals surface area contributed by atoms with Crippen LogP contribution >= 0.6 is 22.6 Å². The van der Waals surface area contributed by atoms with E-state index in [1.165, 1.54) is 11.1 Å². The molecule has 102 valence electrons. The summed E-state index contributed by atoms with van der Waals surface area (Å²) in [4.78, 5) is 0. The number of phenolic OH excluding ortho intramolecular Hbond substituents is 2. The number of rotatable bonds is 2.